The molecule has 1 saturated carbocycles. The molecule has 0 bridgehead atoms. The normalized spacial score (nSPS) is 17.9. The van der Waals surface area contributed by atoms with E-state index in [9.17, 15) is 9.90 Å². The maximum atomic E-state index is 11.9. The summed E-state index contributed by atoms with van der Waals surface area (Å²) >= 11 is 0. The molecule has 112 valence electrons. The second kappa shape index (κ2) is 6.39. The van der Waals surface area contributed by atoms with E-state index in [1.54, 1.807) is 0 Å². The van der Waals surface area contributed by atoms with E-state index in [4.69, 9.17) is 0 Å². The third kappa shape index (κ3) is 4.07. The Balaban J connectivity index is 1.74. The van der Waals surface area contributed by atoms with Crippen molar-refractivity contribution < 1.29 is 9.90 Å². The Morgan fingerprint density at radius 3 is 2.70 bits per heavy atom. The average molecular weight is 279 g/mol. The number of aryl methyl sites for hydroxylation is 3. The van der Waals surface area contributed by atoms with Crippen molar-refractivity contribution in [3.8, 4) is 0 Å². The predicted octanol–water partition coefficient (Wildman–Crippen LogP) is 1.70. The number of aliphatic hydroxyl groups is 1. The Morgan fingerprint density at radius 2 is 2.10 bits per heavy atom. The van der Waals surface area contributed by atoms with E-state index < -0.39 is 5.60 Å². The Hall–Kier alpha value is -1.36. The van der Waals surface area contributed by atoms with Crippen LogP contribution in [0.1, 0.15) is 49.9 Å². The standard InChI is InChI=1S/C15H25N3O2/c1-12-10-13(2)18(17-12)9-6-14(19)16-11-15(20)7-4-3-5-8-15/h10,20H,3-9,11H2,1-2H3,(H,16,19). The van der Waals surface area contributed by atoms with Crippen molar-refractivity contribution in [2.24, 2.45) is 0 Å². The van der Waals surface area contributed by atoms with Crippen molar-refractivity contribution in [2.45, 2.75) is 64.5 Å². The minimum atomic E-state index is -0.688. The van der Waals surface area contributed by atoms with Crippen LogP contribution in [0.25, 0.3) is 0 Å². The van der Waals surface area contributed by atoms with Crippen LogP contribution in [0.2, 0.25) is 0 Å². The molecule has 1 fully saturated rings. The summed E-state index contributed by atoms with van der Waals surface area (Å²) in [5.74, 6) is -0.0171. The van der Waals surface area contributed by atoms with E-state index in [1.165, 1.54) is 6.42 Å². The molecule has 1 aliphatic carbocycles. The number of carbonyl (C=O) groups excluding carboxylic acids is 1. The highest BCUT2D eigenvalue weighted by atomic mass is 16.3. The van der Waals surface area contributed by atoms with Gasteiger partial charge in [0, 0.05) is 25.2 Å². The van der Waals surface area contributed by atoms with Gasteiger partial charge in [-0.25, -0.2) is 0 Å². The van der Waals surface area contributed by atoms with Crippen LogP contribution in [0.4, 0.5) is 0 Å². The van der Waals surface area contributed by atoms with Gasteiger partial charge in [0.15, 0.2) is 0 Å². The van der Waals surface area contributed by atoms with Gasteiger partial charge in [0.25, 0.3) is 0 Å². The lowest BCUT2D eigenvalue weighted by molar-refractivity contribution is -0.123. The molecule has 5 nitrogen and oxygen atoms in total. The third-order valence-electron chi connectivity index (χ3n) is 4.05. The number of rotatable bonds is 5. The first kappa shape index (κ1) is 15.0. The molecule has 0 aliphatic heterocycles. The van der Waals surface area contributed by atoms with Crippen molar-refractivity contribution in [3.63, 3.8) is 0 Å². The van der Waals surface area contributed by atoms with E-state index in [1.807, 2.05) is 24.6 Å². The lowest BCUT2D eigenvalue weighted by Crippen LogP contribution is -2.44. The summed E-state index contributed by atoms with van der Waals surface area (Å²) in [7, 11) is 0. The zero-order valence-corrected chi connectivity index (χ0v) is 12.5. The van der Waals surface area contributed by atoms with Gasteiger partial charge in [0.2, 0.25) is 5.91 Å². The molecule has 1 aromatic rings. The molecule has 2 N–H and O–H groups in total. The number of hydrogen-bond acceptors (Lipinski definition) is 3. The SMILES string of the molecule is Cc1cc(C)n(CCC(=O)NCC2(O)CCCCC2)n1. The molecule has 0 aromatic carbocycles. The van der Waals surface area contributed by atoms with Crippen LogP contribution in [0.15, 0.2) is 6.07 Å². The summed E-state index contributed by atoms with van der Waals surface area (Å²) in [5, 5.41) is 17.5. The fourth-order valence-corrected chi connectivity index (χ4v) is 2.85. The van der Waals surface area contributed by atoms with Gasteiger partial charge in [-0.2, -0.15) is 5.10 Å². The van der Waals surface area contributed by atoms with Crippen molar-refractivity contribution in [1.82, 2.24) is 15.1 Å². The molecule has 5 heteroatoms. The summed E-state index contributed by atoms with van der Waals surface area (Å²) in [6.45, 7) is 4.90. The van der Waals surface area contributed by atoms with Gasteiger partial charge in [-0.05, 0) is 32.8 Å². The van der Waals surface area contributed by atoms with Crippen LogP contribution >= 0.6 is 0 Å². The topological polar surface area (TPSA) is 67.2 Å². The molecular formula is C15H25N3O2. The first-order chi connectivity index (χ1) is 9.48. The summed E-state index contributed by atoms with van der Waals surface area (Å²) in [4.78, 5) is 11.9. The maximum absolute atomic E-state index is 11.9. The summed E-state index contributed by atoms with van der Waals surface area (Å²) in [6.07, 6.45) is 5.29. The van der Waals surface area contributed by atoms with E-state index >= 15 is 0 Å². The molecule has 0 atom stereocenters. The van der Waals surface area contributed by atoms with Gasteiger partial charge in [-0.15, -0.1) is 0 Å². The Labute approximate surface area is 120 Å². The van der Waals surface area contributed by atoms with E-state index in [0.29, 0.717) is 19.5 Å². The van der Waals surface area contributed by atoms with E-state index in [0.717, 1.165) is 37.1 Å². The Kier molecular flexibility index (Phi) is 4.81. The molecule has 1 amide bonds. The highest BCUT2D eigenvalue weighted by Gasteiger charge is 2.29. The maximum Gasteiger partial charge on any atom is 0.221 e. The van der Waals surface area contributed by atoms with Crippen LogP contribution in [0.3, 0.4) is 0 Å². The average Bonchev–Trinajstić information content (AvgIpc) is 2.73. The number of nitrogens with one attached hydrogen (secondary N) is 1. The van der Waals surface area contributed by atoms with E-state index in [-0.39, 0.29) is 5.91 Å². The minimum Gasteiger partial charge on any atom is -0.388 e. The molecule has 1 aliphatic rings. The molecule has 0 saturated heterocycles. The van der Waals surface area contributed by atoms with Gasteiger partial charge in [0.1, 0.15) is 0 Å². The van der Waals surface area contributed by atoms with Gasteiger partial charge in [-0.3, -0.25) is 9.48 Å². The molecule has 0 unspecified atom stereocenters. The van der Waals surface area contributed by atoms with E-state index in [2.05, 4.69) is 10.4 Å². The first-order valence-corrected chi connectivity index (χ1v) is 7.49. The van der Waals surface area contributed by atoms with Crippen molar-refractivity contribution in [2.75, 3.05) is 6.54 Å². The van der Waals surface area contributed by atoms with Crippen LogP contribution in [0.5, 0.6) is 0 Å². The van der Waals surface area contributed by atoms with Crippen LogP contribution in [-0.2, 0) is 11.3 Å². The molecule has 0 radical (unpaired) electrons. The molecule has 0 spiro atoms. The van der Waals surface area contributed by atoms with Crippen molar-refractivity contribution in [3.05, 3.63) is 17.5 Å². The lowest BCUT2D eigenvalue weighted by Gasteiger charge is -2.32. The van der Waals surface area contributed by atoms with Gasteiger partial charge < -0.3 is 10.4 Å². The molecule has 20 heavy (non-hydrogen) atoms. The highest BCUT2D eigenvalue weighted by molar-refractivity contribution is 5.75. The second-order valence-electron chi connectivity index (χ2n) is 5.96. The number of nitrogens with zero attached hydrogens (tertiary/aromatic N) is 2. The minimum absolute atomic E-state index is 0.0171. The zero-order chi connectivity index (χ0) is 14.6. The monoisotopic (exact) mass is 279 g/mol. The summed E-state index contributed by atoms with van der Waals surface area (Å²) in [6, 6.07) is 2.00. The quantitative estimate of drug-likeness (QED) is 0.862. The lowest BCUT2D eigenvalue weighted by atomic mass is 9.85. The van der Waals surface area contributed by atoms with Crippen LogP contribution < -0.4 is 5.32 Å². The molecular weight excluding hydrogens is 254 g/mol. The Morgan fingerprint density at radius 1 is 1.40 bits per heavy atom. The number of aromatic nitrogens is 2. The van der Waals surface area contributed by atoms with Gasteiger partial charge in [0.05, 0.1) is 11.3 Å². The molecule has 2 rings (SSSR count). The first-order valence-electron chi connectivity index (χ1n) is 7.49. The second-order valence-corrected chi connectivity index (χ2v) is 5.96. The van der Waals surface area contributed by atoms with Crippen molar-refractivity contribution >= 4 is 5.91 Å². The van der Waals surface area contributed by atoms with Crippen LogP contribution in [0, 0.1) is 13.8 Å². The number of carbonyl (C=O) groups is 1. The summed E-state index contributed by atoms with van der Waals surface area (Å²) in [5.41, 5.74) is 1.35. The Bertz CT molecular complexity index is 462. The fraction of sp³-hybridized carbons (Fsp3) is 0.733. The largest absolute Gasteiger partial charge is 0.388 e. The molecule has 1 aromatic heterocycles. The van der Waals surface area contributed by atoms with Crippen molar-refractivity contribution in [1.29, 1.82) is 0 Å². The predicted molar refractivity (Wildman–Crippen MR) is 77.4 cm³/mol. The third-order valence-corrected chi connectivity index (χ3v) is 4.05. The summed E-state index contributed by atoms with van der Waals surface area (Å²) < 4.78 is 1.85. The number of amides is 1. The van der Waals surface area contributed by atoms with Gasteiger partial charge >= 0.3 is 0 Å². The fourth-order valence-electron chi connectivity index (χ4n) is 2.85. The highest BCUT2D eigenvalue weighted by Crippen LogP contribution is 2.27. The zero-order valence-electron chi connectivity index (χ0n) is 12.5. The van der Waals surface area contributed by atoms with Gasteiger partial charge in [-0.1, -0.05) is 19.3 Å². The van der Waals surface area contributed by atoms with Crippen LogP contribution in [-0.4, -0.2) is 32.9 Å². The smallest absolute Gasteiger partial charge is 0.221 e. The number of hydrogen-bond donors (Lipinski definition) is 2. The molecule has 1 heterocycles.